The lowest BCUT2D eigenvalue weighted by atomic mass is 10.2. The summed E-state index contributed by atoms with van der Waals surface area (Å²) in [6.45, 7) is 0. The first-order chi connectivity index (χ1) is 6.84. The first-order valence-electron chi connectivity index (χ1n) is 4.31. The molecule has 14 heavy (non-hydrogen) atoms. The number of nitrogens with two attached hydrogens (primary N) is 1. The summed E-state index contributed by atoms with van der Waals surface area (Å²) >= 11 is 1.44. The number of hydrogen-bond acceptors (Lipinski definition) is 5. The number of pyridine rings is 1. The lowest BCUT2D eigenvalue weighted by Gasteiger charge is -1.96. The van der Waals surface area contributed by atoms with E-state index in [2.05, 4.69) is 21.2 Å². The van der Waals surface area contributed by atoms with Crippen LogP contribution >= 0.6 is 11.3 Å². The van der Waals surface area contributed by atoms with Crippen molar-refractivity contribution in [1.29, 1.82) is 0 Å². The van der Waals surface area contributed by atoms with Gasteiger partial charge in [0.25, 0.3) is 0 Å². The Bertz CT molecular complexity index is 398. The summed E-state index contributed by atoms with van der Waals surface area (Å²) in [5.41, 5.74) is 6.69. The van der Waals surface area contributed by atoms with Gasteiger partial charge in [-0.15, -0.1) is 10.2 Å². The Hall–Kier alpha value is -1.49. The van der Waals surface area contributed by atoms with Gasteiger partial charge >= 0.3 is 0 Å². The molecule has 0 unspecified atom stereocenters. The molecule has 2 rings (SSSR count). The van der Waals surface area contributed by atoms with Gasteiger partial charge in [0.2, 0.25) is 5.13 Å². The molecule has 5 heteroatoms. The van der Waals surface area contributed by atoms with Gasteiger partial charge < -0.3 is 5.73 Å². The first kappa shape index (κ1) is 9.08. The maximum Gasteiger partial charge on any atom is 0.203 e. The Labute approximate surface area is 85.8 Å². The Balaban J connectivity index is 1.95. The van der Waals surface area contributed by atoms with Crippen molar-refractivity contribution in [2.75, 3.05) is 5.73 Å². The van der Waals surface area contributed by atoms with Crippen LogP contribution in [0.3, 0.4) is 0 Å². The van der Waals surface area contributed by atoms with Crippen molar-refractivity contribution in [3.8, 4) is 0 Å². The van der Waals surface area contributed by atoms with Crippen LogP contribution in [0.2, 0.25) is 0 Å². The molecule has 4 nitrogen and oxygen atoms in total. The van der Waals surface area contributed by atoms with Crippen molar-refractivity contribution < 1.29 is 0 Å². The molecule has 2 aromatic heterocycles. The third kappa shape index (κ3) is 2.26. The van der Waals surface area contributed by atoms with Gasteiger partial charge in [-0.05, 0) is 18.1 Å². The topological polar surface area (TPSA) is 64.7 Å². The molecule has 0 aromatic carbocycles. The zero-order valence-electron chi connectivity index (χ0n) is 7.55. The molecule has 0 bridgehead atoms. The number of nitrogens with zero attached hydrogens (tertiary/aromatic N) is 3. The fourth-order valence-corrected chi connectivity index (χ4v) is 1.77. The van der Waals surface area contributed by atoms with Gasteiger partial charge in [-0.3, -0.25) is 4.98 Å². The minimum absolute atomic E-state index is 0.534. The molecule has 72 valence electrons. The highest BCUT2D eigenvalue weighted by Gasteiger charge is 2.01. The first-order valence-corrected chi connectivity index (χ1v) is 5.13. The molecule has 0 aliphatic carbocycles. The van der Waals surface area contributed by atoms with E-state index in [0.717, 1.165) is 17.8 Å². The summed E-state index contributed by atoms with van der Waals surface area (Å²) in [7, 11) is 0. The minimum Gasteiger partial charge on any atom is -0.374 e. The predicted octanol–water partition coefficient (Wildman–Crippen LogP) is 1.30. The van der Waals surface area contributed by atoms with Crippen LogP contribution < -0.4 is 5.73 Å². The van der Waals surface area contributed by atoms with Crippen LogP contribution in [0.15, 0.2) is 24.5 Å². The van der Waals surface area contributed by atoms with Crippen molar-refractivity contribution in [1.82, 2.24) is 15.2 Å². The van der Waals surface area contributed by atoms with E-state index in [1.54, 1.807) is 6.20 Å². The monoisotopic (exact) mass is 206 g/mol. The average molecular weight is 206 g/mol. The molecule has 2 heterocycles. The Morgan fingerprint density at radius 1 is 1.29 bits per heavy atom. The molecule has 0 atom stereocenters. The van der Waals surface area contributed by atoms with Crippen molar-refractivity contribution in [2.24, 2.45) is 0 Å². The fourth-order valence-electron chi connectivity index (χ4n) is 1.16. The SMILES string of the molecule is Nc1nnc(CCc2cccnc2)s1. The highest BCUT2D eigenvalue weighted by atomic mass is 32.1. The third-order valence-corrected chi connectivity index (χ3v) is 2.64. The maximum atomic E-state index is 5.48. The Morgan fingerprint density at radius 3 is 2.86 bits per heavy atom. The van der Waals surface area contributed by atoms with Gasteiger partial charge in [-0.1, -0.05) is 17.4 Å². The fraction of sp³-hybridized carbons (Fsp3) is 0.222. The second kappa shape index (κ2) is 4.15. The van der Waals surface area contributed by atoms with Crippen LogP contribution in [0.5, 0.6) is 0 Å². The standard InChI is InChI=1S/C9H10N4S/c10-9-13-12-8(14-9)4-3-7-2-1-5-11-6-7/h1-2,5-6H,3-4H2,(H2,10,13). The summed E-state index contributed by atoms with van der Waals surface area (Å²) in [5, 5.41) is 9.23. The lowest BCUT2D eigenvalue weighted by molar-refractivity contribution is 0.900. The van der Waals surface area contributed by atoms with Gasteiger partial charge in [0.1, 0.15) is 5.01 Å². The molecule has 2 N–H and O–H groups in total. The molecule has 0 fully saturated rings. The Morgan fingerprint density at radius 2 is 2.21 bits per heavy atom. The van der Waals surface area contributed by atoms with E-state index in [9.17, 15) is 0 Å². The van der Waals surface area contributed by atoms with E-state index in [1.807, 2.05) is 12.3 Å². The number of hydrogen-bond donors (Lipinski definition) is 1. The van der Waals surface area contributed by atoms with E-state index in [-0.39, 0.29) is 0 Å². The third-order valence-electron chi connectivity index (χ3n) is 1.83. The van der Waals surface area contributed by atoms with Crippen molar-refractivity contribution in [3.05, 3.63) is 35.1 Å². The van der Waals surface area contributed by atoms with Crippen LogP contribution in [0, 0.1) is 0 Å². The number of aromatic nitrogens is 3. The summed E-state index contributed by atoms with van der Waals surface area (Å²) in [5.74, 6) is 0. The van der Waals surface area contributed by atoms with Crippen molar-refractivity contribution in [2.45, 2.75) is 12.8 Å². The molecule has 0 aliphatic rings. The van der Waals surface area contributed by atoms with Gasteiger partial charge in [0, 0.05) is 18.8 Å². The number of anilines is 1. The van der Waals surface area contributed by atoms with Gasteiger partial charge in [-0.2, -0.15) is 0 Å². The van der Waals surface area contributed by atoms with Crippen molar-refractivity contribution in [3.63, 3.8) is 0 Å². The normalized spacial score (nSPS) is 10.3. The largest absolute Gasteiger partial charge is 0.374 e. The highest BCUT2D eigenvalue weighted by molar-refractivity contribution is 7.15. The van der Waals surface area contributed by atoms with Crippen LogP contribution in [0.1, 0.15) is 10.6 Å². The van der Waals surface area contributed by atoms with Crippen LogP contribution in [0.4, 0.5) is 5.13 Å². The summed E-state index contributed by atoms with van der Waals surface area (Å²) in [6.07, 6.45) is 5.44. The number of rotatable bonds is 3. The van der Waals surface area contributed by atoms with Gasteiger partial charge in [0.15, 0.2) is 0 Å². The summed E-state index contributed by atoms with van der Waals surface area (Å²) < 4.78 is 0. The molecule has 0 saturated carbocycles. The molecule has 0 radical (unpaired) electrons. The second-order valence-corrected chi connectivity index (χ2v) is 3.99. The summed E-state index contributed by atoms with van der Waals surface area (Å²) in [6, 6.07) is 3.99. The number of nitrogen functional groups attached to an aromatic ring is 1. The van der Waals surface area contributed by atoms with E-state index in [1.165, 1.54) is 16.9 Å². The van der Waals surface area contributed by atoms with E-state index < -0.39 is 0 Å². The number of aryl methyl sites for hydroxylation is 2. The van der Waals surface area contributed by atoms with Crippen molar-refractivity contribution >= 4 is 16.5 Å². The molecule has 2 aromatic rings. The average Bonchev–Trinajstić information content (AvgIpc) is 2.63. The van der Waals surface area contributed by atoms with Gasteiger partial charge in [-0.25, -0.2) is 0 Å². The quantitative estimate of drug-likeness (QED) is 0.822. The molecule has 0 saturated heterocycles. The maximum absolute atomic E-state index is 5.48. The molecular weight excluding hydrogens is 196 g/mol. The van der Waals surface area contributed by atoms with E-state index in [0.29, 0.717) is 5.13 Å². The molecular formula is C9H10N4S. The van der Waals surface area contributed by atoms with Crippen LogP contribution in [-0.4, -0.2) is 15.2 Å². The van der Waals surface area contributed by atoms with E-state index in [4.69, 9.17) is 5.73 Å². The smallest absolute Gasteiger partial charge is 0.203 e. The second-order valence-electron chi connectivity index (χ2n) is 2.90. The molecule has 0 amide bonds. The lowest BCUT2D eigenvalue weighted by Crippen LogP contribution is -1.91. The van der Waals surface area contributed by atoms with Gasteiger partial charge in [0.05, 0.1) is 0 Å². The zero-order chi connectivity index (χ0) is 9.80. The molecule has 0 spiro atoms. The van der Waals surface area contributed by atoms with E-state index >= 15 is 0 Å². The van der Waals surface area contributed by atoms with Crippen LogP contribution in [-0.2, 0) is 12.8 Å². The highest BCUT2D eigenvalue weighted by Crippen LogP contribution is 2.13. The summed E-state index contributed by atoms with van der Waals surface area (Å²) in [4.78, 5) is 4.04. The molecule has 0 aliphatic heterocycles. The van der Waals surface area contributed by atoms with Crippen LogP contribution in [0.25, 0.3) is 0 Å². The predicted molar refractivity (Wildman–Crippen MR) is 56.0 cm³/mol. The Kier molecular flexibility index (Phi) is 2.69. The minimum atomic E-state index is 0.534. The zero-order valence-corrected chi connectivity index (χ0v) is 8.37.